The van der Waals surface area contributed by atoms with E-state index < -0.39 is 5.92 Å². The second-order valence-electron chi connectivity index (χ2n) is 7.98. The van der Waals surface area contributed by atoms with Crippen molar-refractivity contribution in [1.82, 2.24) is 0 Å². The van der Waals surface area contributed by atoms with E-state index in [9.17, 15) is 9.59 Å². The van der Waals surface area contributed by atoms with Gasteiger partial charge in [-0.15, -0.1) is 0 Å². The Bertz CT molecular complexity index is 1040. The van der Waals surface area contributed by atoms with Gasteiger partial charge in [-0.1, -0.05) is 48.5 Å². The highest BCUT2D eigenvalue weighted by molar-refractivity contribution is 5.99. The first-order chi connectivity index (χ1) is 14.5. The van der Waals surface area contributed by atoms with E-state index in [4.69, 9.17) is 4.74 Å². The fraction of sp³-hybridized carbons (Fsp3) is 0.231. The summed E-state index contributed by atoms with van der Waals surface area (Å²) in [6, 6.07) is 23.8. The molecule has 1 amide bonds. The van der Waals surface area contributed by atoms with Gasteiger partial charge in [-0.2, -0.15) is 0 Å². The van der Waals surface area contributed by atoms with Crippen molar-refractivity contribution >= 4 is 17.6 Å². The van der Waals surface area contributed by atoms with E-state index in [0.717, 1.165) is 28.8 Å². The fourth-order valence-corrected chi connectivity index (χ4v) is 3.93. The highest BCUT2D eigenvalue weighted by Gasteiger charge is 2.36. The molecule has 1 heterocycles. The molecule has 1 atom stereocenters. The van der Waals surface area contributed by atoms with Gasteiger partial charge in [0.05, 0.1) is 5.92 Å². The molecule has 1 fully saturated rings. The third-order valence-electron chi connectivity index (χ3n) is 5.37. The van der Waals surface area contributed by atoms with Crippen LogP contribution in [0.2, 0.25) is 0 Å². The molecule has 0 bridgehead atoms. The summed E-state index contributed by atoms with van der Waals surface area (Å²) < 4.78 is 5.57. The number of aryl methyl sites for hydroxylation is 2. The van der Waals surface area contributed by atoms with E-state index in [2.05, 4.69) is 18.2 Å². The Kier molecular flexibility index (Phi) is 5.66. The predicted octanol–water partition coefficient (Wildman–Crippen LogP) is 4.85. The average molecular weight is 399 g/mol. The van der Waals surface area contributed by atoms with Crippen molar-refractivity contribution < 1.29 is 14.3 Å². The van der Waals surface area contributed by atoms with Crippen LogP contribution >= 0.6 is 0 Å². The van der Waals surface area contributed by atoms with Crippen LogP contribution in [0.5, 0.6) is 5.75 Å². The van der Waals surface area contributed by atoms with Gasteiger partial charge in [-0.05, 0) is 66.8 Å². The number of hydrogen-bond acceptors (Lipinski definition) is 3. The molecule has 4 rings (SSSR count). The van der Waals surface area contributed by atoms with Crippen molar-refractivity contribution in [2.45, 2.75) is 26.7 Å². The third-order valence-corrected chi connectivity index (χ3v) is 5.37. The zero-order valence-electron chi connectivity index (χ0n) is 17.3. The lowest BCUT2D eigenvalue weighted by Crippen LogP contribution is -2.27. The Morgan fingerprint density at radius 3 is 2.23 bits per heavy atom. The van der Waals surface area contributed by atoms with E-state index in [1.807, 2.05) is 68.4 Å². The van der Waals surface area contributed by atoms with Crippen molar-refractivity contribution in [3.05, 3.63) is 95.1 Å². The second-order valence-corrected chi connectivity index (χ2v) is 7.98. The van der Waals surface area contributed by atoms with Crippen molar-refractivity contribution in [1.29, 1.82) is 0 Å². The van der Waals surface area contributed by atoms with Gasteiger partial charge in [-0.25, -0.2) is 0 Å². The van der Waals surface area contributed by atoms with Crippen LogP contribution in [0.25, 0.3) is 0 Å². The molecule has 4 heteroatoms. The van der Waals surface area contributed by atoms with E-state index in [1.54, 1.807) is 4.90 Å². The van der Waals surface area contributed by atoms with Crippen molar-refractivity contribution in [3.8, 4) is 5.75 Å². The van der Waals surface area contributed by atoms with Crippen LogP contribution in [0.1, 0.15) is 28.7 Å². The minimum absolute atomic E-state index is 0.0415. The molecule has 0 aromatic heterocycles. The van der Waals surface area contributed by atoms with Gasteiger partial charge in [0.15, 0.2) is 0 Å². The molecule has 0 spiro atoms. The Hall–Kier alpha value is -3.40. The Morgan fingerprint density at radius 2 is 1.57 bits per heavy atom. The van der Waals surface area contributed by atoms with Crippen LogP contribution in [0.15, 0.2) is 72.8 Å². The molecule has 3 aromatic rings. The summed E-state index contributed by atoms with van der Waals surface area (Å²) in [5, 5.41) is 0. The molecule has 0 N–H and O–H groups in total. The maximum atomic E-state index is 12.6. The summed E-state index contributed by atoms with van der Waals surface area (Å²) in [5.41, 5.74) is 5.42. The summed E-state index contributed by atoms with van der Waals surface area (Å²) in [5.74, 6) is -0.345. The SMILES string of the molecule is Cc1cc(C)cc(N2C[C@H](C(=O)Oc3ccc(Cc4ccccc4)cc3)CC2=O)c1. The van der Waals surface area contributed by atoms with Crippen LogP contribution < -0.4 is 9.64 Å². The van der Waals surface area contributed by atoms with Crippen LogP contribution in [-0.2, 0) is 16.0 Å². The Labute approximate surface area is 177 Å². The smallest absolute Gasteiger partial charge is 0.316 e. The van der Waals surface area contributed by atoms with Crippen molar-refractivity contribution in [2.24, 2.45) is 5.92 Å². The maximum Gasteiger partial charge on any atom is 0.316 e. The number of esters is 1. The molecule has 1 aliphatic rings. The zero-order valence-corrected chi connectivity index (χ0v) is 17.3. The van der Waals surface area contributed by atoms with Gasteiger partial charge in [-0.3, -0.25) is 9.59 Å². The number of nitrogens with zero attached hydrogens (tertiary/aromatic N) is 1. The molecule has 0 unspecified atom stereocenters. The molecule has 0 radical (unpaired) electrons. The standard InChI is InChI=1S/C26H25NO3/c1-18-12-19(2)14-23(13-18)27-17-22(16-25(27)28)26(29)30-24-10-8-21(9-11-24)15-20-6-4-3-5-7-20/h3-14,22H,15-17H2,1-2H3/t22-/m1/s1. The first-order valence-corrected chi connectivity index (χ1v) is 10.2. The molecule has 0 saturated carbocycles. The zero-order chi connectivity index (χ0) is 21.1. The minimum Gasteiger partial charge on any atom is -0.426 e. The van der Waals surface area contributed by atoms with Gasteiger partial charge >= 0.3 is 5.97 Å². The topological polar surface area (TPSA) is 46.6 Å². The highest BCUT2D eigenvalue weighted by atomic mass is 16.5. The third kappa shape index (κ3) is 4.60. The second kappa shape index (κ2) is 8.54. The predicted molar refractivity (Wildman–Crippen MR) is 118 cm³/mol. The Morgan fingerprint density at radius 1 is 0.933 bits per heavy atom. The number of hydrogen-bond donors (Lipinski definition) is 0. The highest BCUT2D eigenvalue weighted by Crippen LogP contribution is 2.28. The monoisotopic (exact) mass is 399 g/mol. The Balaban J connectivity index is 1.38. The van der Waals surface area contributed by atoms with Crippen LogP contribution in [0, 0.1) is 19.8 Å². The lowest BCUT2D eigenvalue weighted by molar-refractivity contribution is -0.139. The number of anilines is 1. The molecule has 3 aromatic carbocycles. The molecule has 1 aliphatic heterocycles. The van der Waals surface area contributed by atoms with Gasteiger partial charge in [0, 0.05) is 18.7 Å². The van der Waals surface area contributed by atoms with Gasteiger partial charge in [0.2, 0.25) is 5.91 Å². The van der Waals surface area contributed by atoms with Crippen LogP contribution in [-0.4, -0.2) is 18.4 Å². The normalized spacial score (nSPS) is 16.0. The van der Waals surface area contributed by atoms with Crippen molar-refractivity contribution in [2.75, 3.05) is 11.4 Å². The van der Waals surface area contributed by atoms with Crippen molar-refractivity contribution in [3.63, 3.8) is 0 Å². The quantitative estimate of drug-likeness (QED) is 0.455. The van der Waals surface area contributed by atoms with E-state index in [0.29, 0.717) is 12.3 Å². The maximum absolute atomic E-state index is 12.6. The molecular weight excluding hydrogens is 374 g/mol. The number of amides is 1. The lowest BCUT2D eigenvalue weighted by atomic mass is 10.1. The molecule has 1 saturated heterocycles. The lowest BCUT2D eigenvalue weighted by Gasteiger charge is -2.18. The van der Waals surface area contributed by atoms with E-state index in [1.165, 1.54) is 5.56 Å². The molecule has 152 valence electrons. The molecule has 4 nitrogen and oxygen atoms in total. The van der Waals surface area contributed by atoms with E-state index >= 15 is 0 Å². The van der Waals surface area contributed by atoms with Crippen LogP contribution in [0.3, 0.4) is 0 Å². The summed E-state index contributed by atoms with van der Waals surface area (Å²) in [6.45, 7) is 4.36. The number of carbonyl (C=O) groups excluding carboxylic acids is 2. The first kappa shape index (κ1) is 19.9. The molecule has 0 aliphatic carbocycles. The molecule has 30 heavy (non-hydrogen) atoms. The average Bonchev–Trinajstić information content (AvgIpc) is 3.11. The number of carbonyl (C=O) groups is 2. The van der Waals surface area contributed by atoms with Gasteiger partial charge in [0.1, 0.15) is 5.75 Å². The largest absolute Gasteiger partial charge is 0.426 e. The summed E-state index contributed by atoms with van der Waals surface area (Å²) in [6.07, 6.45) is 1.01. The first-order valence-electron chi connectivity index (χ1n) is 10.2. The van der Waals surface area contributed by atoms with Gasteiger partial charge < -0.3 is 9.64 Å². The summed E-state index contributed by atoms with van der Waals surface area (Å²) >= 11 is 0. The fourth-order valence-electron chi connectivity index (χ4n) is 3.93. The van der Waals surface area contributed by atoms with Gasteiger partial charge in [0.25, 0.3) is 0 Å². The number of benzene rings is 3. The van der Waals surface area contributed by atoms with E-state index in [-0.39, 0.29) is 18.3 Å². The number of ether oxygens (including phenoxy) is 1. The minimum atomic E-state index is -0.456. The summed E-state index contributed by atoms with van der Waals surface area (Å²) in [7, 11) is 0. The van der Waals surface area contributed by atoms with Crippen LogP contribution in [0.4, 0.5) is 5.69 Å². The number of rotatable bonds is 5. The molecular formula is C26H25NO3. The summed E-state index contributed by atoms with van der Waals surface area (Å²) in [4.78, 5) is 26.8.